The van der Waals surface area contributed by atoms with Crippen LogP contribution in [0.1, 0.15) is 341 Å². The molecule has 10 heteroatoms. The van der Waals surface area contributed by atoms with Crippen molar-refractivity contribution in [1.82, 2.24) is 0 Å². The lowest BCUT2D eigenvalue weighted by Crippen LogP contribution is -2.29. The molecule has 0 amide bonds. The summed E-state index contributed by atoms with van der Waals surface area (Å²) in [4.78, 5) is 35.4. The number of hydrogen-bond acceptors (Lipinski definition) is 8. The van der Waals surface area contributed by atoms with E-state index in [1.54, 1.807) is 0 Å². The van der Waals surface area contributed by atoms with Gasteiger partial charge in [-0.05, 0) is 89.9 Å². The molecule has 2 unspecified atom stereocenters. The smallest absolute Gasteiger partial charge is 0.462 e. The normalized spacial score (nSPS) is 13.6. The molecule has 0 radical (unpaired) electrons. The lowest BCUT2D eigenvalue weighted by molar-refractivity contribution is -0.161. The lowest BCUT2D eigenvalue weighted by atomic mass is 10.0. The molecule has 3 N–H and O–H groups in total. The topological polar surface area (TPSA) is 134 Å². The van der Waals surface area contributed by atoms with Gasteiger partial charge in [-0.3, -0.25) is 18.6 Å². The monoisotopic (exact) mass is 1270 g/mol. The molecule has 0 aromatic carbocycles. The fraction of sp³-hybridized carbons (Fsp3) is 0.725. The van der Waals surface area contributed by atoms with E-state index in [0.29, 0.717) is 6.42 Å². The Morgan fingerprint density at radius 1 is 0.344 bits per heavy atom. The number of allylic oxidation sites excluding steroid dienone is 20. The molecule has 2 atom stereocenters. The molecule has 0 saturated heterocycles. The zero-order valence-corrected chi connectivity index (χ0v) is 59.2. The molecule has 0 fully saturated rings. The molecule has 0 rings (SSSR count). The molecular weight excluding hydrogens is 1130 g/mol. The number of carbonyl (C=O) groups is 2. The van der Waals surface area contributed by atoms with E-state index < -0.39 is 26.5 Å². The maximum Gasteiger partial charge on any atom is 0.472 e. The van der Waals surface area contributed by atoms with Gasteiger partial charge in [0, 0.05) is 19.4 Å². The van der Waals surface area contributed by atoms with Crippen molar-refractivity contribution in [3.05, 3.63) is 122 Å². The van der Waals surface area contributed by atoms with E-state index in [0.717, 1.165) is 122 Å². The summed E-state index contributed by atoms with van der Waals surface area (Å²) in [6.45, 7) is 3.65. The van der Waals surface area contributed by atoms with Crippen molar-refractivity contribution in [2.45, 2.75) is 347 Å². The van der Waals surface area contributed by atoms with Crippen molar-refractivity contribution in [2.75, 3.05) is 26.4 Å². The summed E-state index contributed by atoms with van der Waals surface area (Å²) in [7, 11) is -4.41. The molecule has 90 heavy (non-hydrogen) atoms. The molecule has 0 aliphatic carbocycles. The lowest BCUT2D eigenvalue weighted by Gasteiger charge is -2.19. The minimum Gasteiger partial charge on any atom is -0.462 e. The zero-order valence-electron chi connectivity index (χ0n) is 58.3. The molecule has 0 aliphatic heterocycles. The molecule has 0 aromatic heterocycles. The summed E-state index contributed by atoms with van der Waals surface area (Å²) in [6.07, 6.45) is 105. The van der Waals surface area contributed by atoms with E-state index in [4.69, 9.17) is 24.3 Å². The molecule has 0 aliphatic rings. The first-order valence-corrected chi connectivity index (χ1v) is 39.0. The van der Waals surface area contributed by atoms with E-state index in [9.17, 15) is 19.0 Å². The van der Waals surface area contributed by atoms with Crippen molar-refractivity contribution in [3.8, 4) is 0 Å². The van der Waals surface area contributed by atoms with E-state index >= 15 is 0 Å². The van der Waals surface area contributed by atoms with E-state index in [-0.39, 0.29) is 38.6 Å². The second kappa shape index (κ2) is 74.4. The van der Waals surface area contributed by atoms with E-state index in [2.05, 4.69) is 135 Å². The summed E-state index contributed by atoms with van der Waals surface area (Å²) < 4.78 is 33.2. The molecule has 0 bridgehead atoms. The number of rotatable bonds is 70. The number of nitrogens with two attached hydrogens (primary N) is 1. The number of ether oxygens (including phenoxy) is 2. The second-order valence-corrected chi connectivity index (χ2v) is 26.2. The van der Waals surface area contributed by atoms with Crippen LogP contribution in [0.2, 0.25) is 0 Å². The van der Waals surface area contributed by atoms with E-state index in [1.807, 2.05) is 0 Å². The first kappa shape index (κ1) is 86.4. The van der Waals surface area contributed by atoms with Gasteiger partial charge in [0.1, 0.15) is 6.61 Å². The third-order valence-corrected chi connectivity index (χ3v) is 17.1. The molecular formula is C80H140NO8P. The van der Waals surface area contributed by atoms with Gasteiger partial charge in [0.2, 0.25) is 0 Å². The number of hydrogen-bond donors (Lipinski definition) is 2. The van der Waals surface area contributed by atoms with Gasteiger partial charge in [-0.2, -0.15) is 0 Å². The molecule has 0 spiro atoms. The Kier molecular flexibility index (Phi) is 71.5. The average Bonchev–Trinajstić information content (AvgIpc) is 3.75. The molecule has 0 aromatic rings. The SMILES string of the molecule is CC/C=C\C/C=C\C/C=C\C/C=C\C/C=C\C/C=C\C/C=C\C/C=C\C/C=C\C/C=C\CCCCCCCCC(=O)OC(COC(=O)CCCCCCCCCCCCCCCCCCCCCCCCCCCCCCCCCC)COP(=O)(O)OCCN. The number of phosphoric ester groups is 1. The number of carbonyl (C=O) groups excluding carboxylic acids is 2. The highest BCUT2D eigenvalue weighted by molar-refractivity contribution is 7.47. The van der Waals surface area contributed by atoms with Crippen molar-refractivity contribution in [1.29, 1.82) is 0 Å². The Hall–Kier alpha value is -3.59. The van der Waals surface area contributed by atoms with Crippen LogP contribution in [-0.2, 0) is 32.7 Å². The van der Waals surface area contributed by atoms with Gasteiger partial charge in [0.05, 0.1) is 13.2 Å². The van der Waals surface area contributed by atoms with Gasteiger partial charge in [0.15, 0.2) is 6.10 Å². The number of esters is 2. The maximum atomic E-state index is 12.8. The number of unbranched alkanes of at least 4 members (excludes halogenated alkanes) is 37. The van der Waals surface area contributed by atoms with Crippen molar-refractivity contribution >= 4 is 19.8 Å². The number of phosphoric acid groups is 1. The molecule has 0 saturated carbocycles. The van der Waals surface area contributed by atoms with Crippen LogP contribution in [0.4, 0.5) is 0 Å². The summed E-state index contributed by atoms with van der Waals surface area (Å²) in [5.41, 5.74) is 5.41. The largest absolute Gasteiger partial charge is 0.472 e. The quantitative estimate of drug-likeness (QED) is 0.0264. The molecule has 9 nitrogen and oxygen atoms in total. The van der Waals surface area contributed by atoms with Crippen LogP contribution in [0.15, 0.2) is 122 Å². The van der Waals surface area contributed by atoms with Crippen molar-refractivity contribution in [2.24, 2.45) is 5.73 Å². The minimum absolute atomic E-state index is 0.0465. The predicted molar refractivity (Wildman–Crippen MR) is 390 cm³/mol. The fourth-order valence-corrected chi connectivity index (χ4v) is 11.4. The van der Waals surface area contributed by atoms with Gasteiger partial charge in [-0.1, -0.05) is 360 Å². The third-order valence-electron chi connectivity index (χ3n) is 16.1. The Balaban J connectivity index is 3.92. The highest BCUT2D eigenvalue weighted by Crippen LogP contribution is 2.43. The van der Waals surface area contributed by atoms with Gasteiger partial charge >= 0.3 is 19.8 Å². The summed E-state index contributed by atoms with van der Waals surface area (Å²) >= 11 is 0. The summed E-state index contributed by atoms with van der Waals surface area (Å²) in [5.74, 6) is -0.838. The van der Waals surface area contributed by atoms with Gasteiger partial charge in [0.25, 0.3) is 0 Å². The van der Waals surface area contributed by atoms with Gasteiger partial charge in [-0.25, -0.2) is 4.57 Å². The van der Waals surface area contributed by atoms with Crippen LogP contribution in [0.5, 0.6) is 0 Å². The minimum atomic E-state index is -4.41. The standard InChI is InChI=1S/C80H140NO8P/c1-3-5-7-9-11-13-15-17-19-21-23-25-27-29-31-33-35-37-38-39-40-41-43-45-47-49-51-53-55-57-59-61-63-65-67-69-71-73-80(83)89-78(77-88-90(84,85)87-75-74-81)76-86-79(82)72-70-68-66-64-62-60-58-56-54-52-50-48-46-44-42-36-34-32-30-28-26-24-22-20-18-16-14-12-10-8-6-4-2/h5,7,11,13,17,19,23,25,29,31,35,37,39-40,43,45,49,51,55,57,78H,3-4,6,8-10,12,14-16,18,20-22,24,26-28,30,32-34,36,38,41-42,44,46-48,50,52-54,56,58-77,81H2,1-2H3,(H,84,85)/b7-5-,13-11-,19-17-,25-23-,31-29-,37-35-,40-39-,45-43-,51-49-,57-55-. The predicted octanol–water partition coefficient (Wildman–Crippen LogP) is 25.0. The first-order valence-electron chi connectivity index (χ1n) is 37.5. The third kappa shape index (κ3) is 73.5. The maximum absolute atomic E-state index is 12.8. The van der Waals surface area contributed by atoms with E-state index in [1.165, 1.54) is 186 Å². The average molecular weight is 1270 g/mol. The van der Waals surface area contributed by atoms with Crippen molar-refractivity contribution in [3.63, 3.8) is 0 Å². The van der Waals surface area contributed by atoms with Crippen LogP contribution in [0, 0.1) is 0 Å². The Labute approximate surface area is 555 Å². The van der Waals surface area contributed by atoms with Crippen LogP contribution in [0.3, 0.4) is 0 Å². The zero-order chi connectivity index (χ0) is 65.1. The highest BCUT2D eigenvalue weighted by atomic mass is 31.2. The highest BCUT2D eigenvalue weighted by Gasteiger charge is 2.26. The summed E-state index contributed by atoms with van der Waals surface area (Å²) in [6, 6.07) is 0. The summed E-state index contributed by atoms with van der Waals surface area (Å²) in [5, 5.41) is 0. The molecule has 0 heterocycles. The Morgan fingerprint density at radius 2 is 0.611 bits per heavy atom. The Bertz CT molecular complexity index is 1890. The Morgan fingerprint density at radius 3 is 0.911 bits per heavy atom. The first-order chi connectivity index (χ1) is 44.3. The fourth-order valence-electron chi connectivity index (χ4n) is 10.6. The van der Waals surface area contributed by atoms with Crippen LogP contribution >= 0.6 is 7.82 Å². The van der Waals surface area contributed by atoms with Crippen LogP contribution in [-0.4, -0.2) is 49.3 Å². The molecule has 518 valence electrons. The van der Waals surface area contributed by atoms with Gasteiger partial charge < -0.3 is 20.1 Å². The second-order valence-electron chi connectivity index (χ2n) is 24.8. The van der Waals surface area contributed by atoms with Gasteiger partial charge in [-0.15, -0.1) is 0 Å². The van der Waals surface area contributed by atoms with Crippen LogP contribution in [0.25, 0.3) is 0 Å². The van der Waals surface area contributed by atoms with Crippen LogP contribution < -0.4 is 5.73 Å². The van der Waals surface area contributed by atoms with Crippen molar-refractivity contribution < 1.29 is 37.6 Å².